The molecule has 0 spiro atoms. The second-order valence-corrected chi connectivity index (χ2v) is 6.32. The molecule has 122 valence electrons. The first-order valence-corrected chi connectivity index (χ1v) is 7.47. The van der Waals surface area contributed by atoms with Crippen molar-refractivity contribution in [2.45, 2.75) is 26.4 Å². The molecule has 0 aromatic carbocycles. The van der Waals surface area contributed by atoms with Gasteiger partial charge in [0.05, 0.1) is 13.3 Å². The van der Waals surface area contributed by atoms with Crippen molar-refractivity contribution in [2.75, 3.05) is 38.2 Å². The minimum absolute atomic E-state index is 0.172. The molecule has 0 radical (unpaired) electrons. The van der Waals surface area contributed by atoms with E-state index < -0.39 is 5.60 Å². The van der Waals surface area contributed by atoms with Gasteiger partial charge in [0.25, 0.3) is 0 Å². The molecule has 0 N–H and O–H groups in total. The first kappa shape index (κ1) is 16.6. The first-order chi connectivity index (χ1) is 10.3. The average molecular weight is 329 g/mol. The van der Waals surface area contributed by atoms with E-state index in [1.165, 1.54) is 0 Å². The van der Waals surface area contributed by atoms with E-state index in [1.807, 2.05) is 25.7 Å². The molecule has 0 atom stereocenters. The van der Waals surface area contributed by atoms with Crippen molar-refractivity contribution in [1.82, 2.24) is 14.9 Å². The molecule has 7 nitrogen and oxygen atoms in total. The van der Waals surface area contributed by atoms with Gasteiger partial charge in [-0.05, 0) is 32.4 Å². The average Bonchev–Trinajstić information content (AvgIpc) is 2.45. The molecule has 1 aliphatic rings. The Morgan fingerprint density at radius 3 is 2.45 bits per heavy atom. The number of aromatic nitrogens is 2. The van der Waals surface area contributed by atoms with Gasteiger partial charge in [-0.15, -0.1) is 0 Å². The second-order valence-electron chi connectivity index (χ2n) is 5.99. The summed E-state index contributed by atoms with van der Waals surface area (Å²) in [6.45, 7) is 7.93. The van der Waals surface area contributed by atoms with Crippen molar-refractivity contribution in [3.63, 3.8) is 0 Å². The van der Waals surface area contributed by atoms with Crippen LogP contribution in [0.15, 0.2) is 6.20 Å². The van der Waals surface area contributed by atoms with Gasteiger partial charge in [0.2, 0.25) is 5.28 Å². The zero-order valence-electron chi connectivity index (χ0n) is 13.3. The predicted octanol–water partition coefficient (Wildman–Crippen LogP) is 2.20. The first-order valence-electron chi connectivity index (χ1n) is 7.09. The molecule has 2 rings (SSSR count). The predicted molar refractivity (Wildman–Crippen MR) is 83.6 cm³/mol. The van der Waals surface area contributed by atoms with Crippen LogP contribution in [0.1, 0.15) is 20.8 Å². The highest BCUT2D eigenvalue weighted by Gasteiger charge is 2.27. The number of anilines is 1. The normalized spacial score (nSPS) is 15.7. The molecule has 0 bridgehead atoms. The van der Waals surface area contributed by atoms with E-state index in [0.29, 0.717) is 37.7 Å². The third kappa shape index (κ3) is 4.13. The lowest BCUT2D eigenvalue weighted by atomic mass is 10.2. The standard InChI is InChI=1S/C14H21ClN4O3/c1-14(2,3)22-13(20)19-7-5-18(6-8-19)11-10(21-4)9-16-12(15)17-11/h9H,5-8H2,1-4H3. The van der Waals surface area contributed by atoms with E-state index in [1.54, 1.807) is 18.2 Å². The molecule has 2 heterocycles. The van der Waals surface area contributed by atoms with Gasteiger partial charge < -0.3 is 19.3 Å². The number of methoxy groups -OCH3 is 1. The summed E-state index contributed by atoms with van der Waals surface area (Å²) in [5, 5.41) is 0.172. The number of hydrogen-bond acceptors (Lipinski definition) is 6. The van der Waals surface area contributed by atoms with Crippen LogP contribution in [0.5, 0.6) is 5.75 Å². The maximum atomic E-state index is 12.0. The Labute approximate surface area is 135 Å². The Bertz CT molecular complexity index is 539. The number of hydrogen-bond donors (Lipinski definition) is 0. The summed E-state index contributed by atoms with van der Waals surface area (Å²) in [5.41, 5.74) is -0.488. The maximum Gasteiger partial charge on any atom is 0.410 e. The molecule has 0 saturated carbocycles. The van der Waals surface area contributed by atoms with Crippen LogP contribution in [0, 0.1) is 0 Å². The van der Waals surface area contributed by atoms with Crippen LogP contribution in [-0.2, 0) is 4.74 Å². The van der Waals surface area contributed by atoms with Gasteiger partial charge in [-0.1, -0.05) is 0 Å². The lowest BCUT2D eigenvalue weighted by Crippen LogP contribution is -2.50. The largest absolute Gasteiger partial charge is 0.491 e. The van der Waals surface area contributed by atoms with Crippen LogP contribution in [-0.4, -0.2) is 59.9 Å². The highest BCUT2D eigenvalue weighted by Crippen LogP contribution is 2.27. The molecule has 8 heteroatoms. The van der Waals surface area contributed by atoms with E-state index in [2.05, 4.69) is 9.97 Å². The van der Waals surface area contributed by atoms with Crippen molar-refractivity contribution < 1.29 is 14.3 Å². The smallest absolute Gasteiger partial charge is 0.410 e. The molecule has 0 unspecified atom stereocenters. The van der Waals surface area contributed by atoms with Gasteiger partial charge in [-0.3, -0.25) is 0 Å². The number of amides is 1. The molecule has 1 aliphatic heterocycles. The number of carbonyl (C=O) groups is 1. The Morgan fingerprint density at radius 2 is 1.91 bits per heavy atom. The number of piperazine rings is 1. The zero-order chi connectivity index (χ0) is 16.3. The molecule has 1 amide bonds. The van der Waals surface area contributed by atoms with Crippen molar-refractivity contribution in [2.24, 2.45) is 0 Å². The molecule has 1 fully saturated rings. The van der Waals surface area contributed by atoms with Crippen LogP contribution >= 0.6 is 11.6 Å². The highest BCUT2D eigenvalue weighted by atomic mass is 35.5. The van der Waals surface area contributed by atoms with Crippen molar-refractivity contribution >= 4 is 23.5 Å². The molecule has 1 aromatic heterocycles. The fraction of sp³-hybridized carbons (Fsp3) is 0.643. The monoisotopic (exact) mass is 328 g/mol. The lowest BCUT2D eigenvalue weighted by molar-refractivity contribution is 0.0240. The lowest BCUT2D eigenvalue weighted by Gasteiger charge is -2.36. The van der Waals surface area contributed by atoms with Crippen LogP contribution in [0.4, 0.5) is 10.6 Å². The summed E-state index contributed by atoms with van der Waals surface area (Å²) in [5.74, 6) is 1.21. The number of halogens is 1. The molecule has 22 heavy (non-hydrogen) atoms. The third-order valence-electron chi connectivity index (χ3n) is 3.16. The molecule has 0 aliphatic carbocycles. The van der Waals surface area contributed by atoms with E-state index in [4.69, 9.17) is 21.1 Å². The topological polar surface area (TPSA) is 67.8 Å². The Hall–Kier alpha value is -1.76. The zero-order valence-corrected chi connectivity index (χ0v) is 14.1. The SMILES string of the molecule is COc1cnc(Cl)nc1N1CCN(C(=O)OC(C)(C)C)CC1. The van der Waals surface area contributed by atoms with Crippen LogP contribution in [0.2, 0.25) is 5.28 Å². The van der Waals surface area contributed by atoms with E-state index in [9.17, 15) is 4.79 Å². The van der Waals surface area contributed by atoms with Gasteiger partial charge in [-0.25, -0.2) is 9.78 Å². The van der Waals surface area contributed by atoms with Crippen molar-refractivity contribution in [1.29, 1.82) is 0 Å². The quantitative estimate of drug-likeness (QED) is 0.775. The minimum atomic E-state index is -0.488. The second kappa shape index (κ2) is 6.56. The number of carbonyl (C=O) groups excluding carboxylic acids is 1. The summed E-state index contributed by atoms with van der Waals surface area (Å²) in [7, 11) is 1.56. The summed E-state index contributed by atoms with van der Waals surface area (Å²) < 4.78 is 10.6. The highest BCUT2D eigenvalue weighted by molar-refractivity contribution is 6.28. The Morgan fingerprint density at radius 1 is 1.27 bits per heavy atom. The summed E-state index contributed by atoms with van der Waals surface area (Å²) in [6.07, 6.45) is 1.25. The molecular formula is C14H21ClN4O3. The van der Waals surface area contributed by atoms with Gasteiger partial charge >= 0.3 is 6.09 Å². The summed E-state index contributed by atoms with van der Waals surface area (Å²) >= 11 is 5.86. The number of nitrogens with zero attached hydrogens (tertiary/aromatic N) is 4. The summed E-state index contributed by atoms with van der Waals surface area (Å²) in [6, 6.07) is 0. The van der Waals surface area contributed by atoms with Crippen LogP contribution < -0.4 is 9.64 Å². The molecule has 1 saturated heterocycles. The van der Waals surface area contributed by atoms with Gasteiger partial charge in [0.15, 0.2) is 11.6 Å². The van der Waals surface area contributed by atoms with Crippen LogP contribution in [0.25, 0.3) is 0 Å². The van der Waals surface area contributed by atoms with Gasteiger partial charge in [-0.2, -0.15) is 4.98 Å². The molecule has 1 aromatic rings. The van der Waals surface area contributed by atoms with Gasteiger partial charge in [0, 0.05) is 26.2 Å². The van der Waals surface area contributed by atoms with E-state index in [0.717, 1.165) is 0 Å². The fourth-order valence-corrected chi connectivity index (χ4v) is 2.27. The number of ether oxygens (including phenoxy) is 2. The number of rotatable bonds is 2. The van der Waals surface area contributed by atoms with Crippen molar-refractivity contribution in [3.8, 4) is 5.75 Å². The maximum absolute atomic E-state index is 12.0. The summed E-state index contributed by atoms with van der Waals surface area (Å²) in [4.78, 5) is 23.9. The van der Waals surface area contributed by atoms with E-state index >= 15 is 0 Å². The minimum Gasteiger partial charge on any atom is -0.491 e. The van der Waals surface area contributed by atoms with Crippen LogP contribution in [0.3, 0.4) is 0 Å². The van der Waals surface area contributed by atoms with Crippen molar-refractivity contribution in [3.05, 3.63) is 11.5 Å². The Kier molecular flexibility index (Phi) is 4.95. The van der Waals surface area contributed by atoms with Gasteiger partial charge in [0.1, 0.15) is 5.60 Å². The molecular weight excluding hydrogens is 308 g/mol. The third-order valence-corrected chi connectivity index (χ3v) is 3.34. The Balaban J connectivity index is 2.00. The van der Waals surface area contributed by atoms with E-state index in [-0.39, 0.29) is 11.4 Å². The fourth-order valence-electron chi connectivity index (χ4n) is 2.14.